The number of anilines is 1. The average molecular weight is 297 g/mol. The van der Waals surface area contributed by atoms with E-state index in [9.17, 15) is 4.79 Å². The first-order valence-electron chi connectivity index (χ1n) is 8.12. The monoisotopic (exact) mass is 297 g/mol. The van der Waals surface area contributed by atoms with E-state index in [4.69, 9.17) is 0 Å². The van der Waals surface area contributed by atoms with Gasteiger partial charge in [-0.05, 0) is 49.8 Å². The molecule has 0 radical (unpaired) electrons. The van der Waals surface area contributed by atoms with E-state index < -0.39 is 0 Å². The van der Waals surface area contributed by atoms with Gasteiger partial charge in [0.2, 0.25) is 0 Å². The molecule has 1 aliphatic heterocycles. The number of nitrogens with one attached hydrogen (secondary N) is 1. The fourth-order valence-corrected chi connectivity index (χ4v) is 2.95. The van der Waals surface area contributed by atoms with Gasteiger partial charge in [-0.2, -0.15) is 0 Å². The molecule has 4 heteroatoms. The zero-order valence-electron chi connectivity index (χ0n) is 13.1. The molecule has 1 aromatic rings. The topological polar surface area (TPSA) is 45.2 Å². The zero-order valence-corrected chi connectivity index (χ0v) is 13.1. The molecule has 2 heterocycles. The van der Waals surface area contributed by atoms with Crippen LogP contribution in [0.3, 0.4) is 0 Å². The molecular formula is C18H23N3O. The van der Waals surface area contributed by atoms with Crippen LogP contribution in [-0.2, 0) is 0 Å². The van der Waals surface area contributed by atoms with E-state index >= 15 is 0 Å². The molecule has 0 spiro atoms. The largest absolute Gasteiger partial charge is 0.356 e. The summed E-state index contributed by atoms with van der Waals surface area (Å²) in [6.45, 7) is 4.23. The van der Waals surface area contributed by atoms with Crippen molar-refractivity contribution in [2.75, 3.05) is 18.0 Å². The van der Waals surface area contributed by atoms with Crippen molar-refractivity contribution >= 4 is 11.7 Å². The van der Waals surface area contributed by atoms with Crippen molar-refractivity contribution in [2.45, 2.75) is 32.6 Å². The van der Waals surface area contributed by atoms with Gasteiger partial charge in [-0.25, -0.2) is 4.98 Å². The molecule has 0 aromatic carbocycles. The Hall–Kier alpha value is -2.10. The molecule has 0 bridgehead atoms. The summed E-state index contributed by atoms with van der Waals surface area (Å²) in [6.07, 6.45) is 12.2. The highest BCUT2D eigenvalue weighted by atomic mass is 16.1. The normalized spacial score (nSPS) is 19.0. The zero-order chi connectivity index (χ0) is 15.4. The predicted octanol–water partition coefficient (Wildman–Crippen LogP) is 3.28. The van der Waals surface area contributed by atoms with E-state index in [1.54, 1.807) is 6.20 Å². The number of carbonyl (C=O) groups is 1. The number of pyridine rings is 1. The molecule has 0 unspecified atom stereocenters. The summed E-state index contributed by atoms with van der Waals surface area (Å²) in [7, 11) is 0. The number of amides is 1. The van der Waals surface area contributed by atoms with Gasteiger partial charge < -0.3 is 10.2 Å². The van der Waals surface area contributed by atoms with Crippen LogP contribution in [0.15, 0.2) is 42.3 Å². The molecule has 1 saturated heterocycles. The summed E-state index contributed by atoms with van der Waals surface area (Å²) in [6, 6.07) is 3.69. The fraction of sp³-hybridized carbons (Fsp3) is 0.444. The number of hydrogen-bond donors (Lipinski definition) is 1. The smallest absolute Gasteiger partial charge is 0.259 e. The fourth-order valence-electron chi connectivity index (χ4n) is 2.95. The van der Waals surface area contributed by atoms with Gasteiger partial charge in [-0.1, -0.05) is 19.1 Å². The summed E-state index contributed by atoms with van der Waals surface area (Å²) >= 11 is 0. The second-order valence-corrected chi connectivity index (χ2v) is 6.14. The summed E-state index contributed by atoms with van der Waals surface area (Å²) in [5.74, 6) is 1.50. The van der Waals surface area contributed by atoms with Crippen molar-refractivity contribution in [2.24, 2.45) is 5.92 Å². The lowest BCUT2D eigenvalue weighted by molar-refractivity contribution is 0.0967. The average Bonchev–Trinajstić information content (AvgIpc) is 2.56. The minimum atomic E-state index is -0.0699. The highest BCUT2D eigenvalue weighted by Gasteiger charge is 2.22. The summed E-state index contributed by atoms with van der Waals surface area (Å²) in [4.78, 5) is 19.3. The van der Waals surface area contributed by atoms with Crippen LogP contribution in [0, 0.1) is 5.92 Å². The first-order valence-corrected chi connectivity index (χ1v) is 8.12. The third-order valence-corrected chi connectivity index (χ3v) is 4.37. The van der Waals surface area contributed by atoms with Gasteiger partial charge in [0.15, 0.2) is 0 Å². The van der Waals surface area contributed by atoms with Crippen LogP contribution in [0.1, 0.15) is 43.0 Å². The Morgan fingerprint density at radius 3 is 2.86 bits per heavy atom. The maximum Gasteiger partial charge on any atom is 0.259 e. The first kappa shape index (κ1) is 14.8. The maximum atomic E-state index is 12.6. The third-order valence-electron chi connectivity index (χ3n) is 4.37. The van der Waals surface area contributed by atoms with Crippen molar-refractivity contribution in [1.29, 1.82) is 0 Å². The third kappa shape index (κ3) is 3.38. The first-order chi connectivity index (χ1) is 10.7. The molecule has 2 aliphatic rings. The van der Waals surface area contributed by atoms with Crippen LogP contribution < -0.4 is 10.2 Å². The highest BCUT2D eigenvalue weighted by Crippen LogP contribution is 2.24. The molecule has 0 saturated carbocycles. The molecule has 1 aliphatic carbocycles. The van der Waals surface area contributed by atoms with Crippen LogP contribution in [-0.4, -0.2) is 24.0 Å². The standard InChI is InChI=1S/C18H23N3O/c1-14-9-12-21(13-10-14)17-16(8-5-11-19-17)18(22)20-15-6-3-2-4-7-15/h3,5-8,11,14H,2,4,9-10,12-13H2,1H3,(H,20,22). The molecule has 1 N–H and O–H groups in total. The Morgan fingerprint density at radius 2 is 2.14 bits per heavy atom. The van der Waals surface area contributed by atoms with E-state index in [2.05, 4.69) is 34.3 Å². The van der Waals surface area contributed by atoms with Crippen molar-refractivity contribution in [3.8, 4) is 0 Å². The Balaban J connectivity index is 1.77. The van der Waals surface area contributed by atoms with Crippen LogP contribution in [0.2, 0.25) is 0 Å². The quantitative estimate of drug-likeness (QED) is 0.931. The van der Waals surface area contributed by atoms with Crippen LogP contribution in [0.5, 0.6) is 0 Å². The lowest BCUT2D eigenvalue weighted by Crippen LogP contribution is -2.35. The minimum absolute atomic E-state index is 0.0699. The van der Waals surface area contributed by atoms with E-state index in [1.807, 2.05) is 18.2 Å². The van der Waals surface area contributed by atoms with E-state index in [-0.39, 0.29) is 5.91 Å². The molecule has 116 valence electrons. The van der Waals surface area contributed by atoms with Gasteiger partial charge in [-0.3, -0.25) is 4.79 Å². The lowest BCUT2D eigenvalue weighted by atomic mass is 9.99. The van der Waals surface area contributed by atoms with Gasteiger partial charge in [0, 0.05) is 25.0 Å². The van der Waals surface area contributed by atoms with E-state index in [0.717, 1.165) is 56.2 Å². The molecular weight excluding hydrogens is 274 g/mol. The van der Waals surface area contributed by atoms with E-state index in [1.165, 1.54) is 0 Å². The van der Waals surface area contributed by atoms with Crippen molar-refractivity contribution in [3.63, 3.8) is 0 Å². The number of allylic oxidation sites excluding steroid dienone is 3. The van der Waals surface area contributed by atoms with Crippen molar-refractivity contribution < 1.29 is 4.79 Å². The number of hydrogen-bond acceptors (Lipinski definition) is 3. The van der Waals surface area contributed by atoms with Crippen LogP contribution >= 0.6 is 0 Å². The van der Waals surface area contributed by atoms with Gasteiger partial charge in [0.1, 0.15) is 5.82 Å². The Morgan fingerprint density at radius 1 is 1.32 bits per heavy atom. The molecule has 22 heavy (non-hydrogen) atoms. The summed E-state index contributed by atoms with van der Waals surface area (Å²) in [5, 5.41) is 2.99. The van der Waals surface area contributed by atoms with Gasteiger partial charge in [0.05, 0.1) is 5.56 Å². The molecule has 0 atom stereocenters. The molecule has 1 aromatic heterocycles. The van der Waals surface area contributed by atoms with E-state index in [0.29, 0.717) is 5.56 Å². The second kappa shape index (κ2) is 6.77. The minimum Gasteiger partial charge on any atom is -0.356 e. The van der Waals surface area contributed by atoms with Crippen LogP contribution in [0.4, 0.5) is 5.82 Å². The summed E-state index contributed by atoms with van der Waals surface area (Å²) in [5.41, 5.74) is 1.55. The molecule has 4 nitrogen and oxygen atoms in total. The van der Waals surface area contributed by atoms with Crippen molar-refractivity contribution in [3.05, 3.63) is 47.8 Å². The molecule has 1 amide bonds. The number of carbonyl (C=O) groups excluding carboxylic acids is 1. The van der Waals surface area contributed by atoms with Gasteiger partial charge in [-0.15, -0.1) is 0 Å². The number of aromatic nitrogens is 1. The summed E-state index contributed by atoms with van der Waals surface area (Å²) < 4.78 is 0. The second-order valence-electron chi connectivity index (χ2n) is 6.14. The number of rotatable bonds is 3. The lowest BCUT2D eigenvalue weighted by Gasteiger charge is -2.32. The highest BCUT2D eigenvalue weighted by molar-refractivity contribution is 6.00. The molecule has 3 rings (SSSR count). The van der Waals surface area contributed by atoms with Gasteiger partial charge >= 0.3 is 0 Å². The number of nitrogens with zero attached hydrogens (tertiary/aromatic N) is 2. The van der Waals surface area contributed by atoms with Crippen LogP contribution in [0.25, 0.3) is 0 Å². The molecule has 1 fully saturated rings. The SMILES string of the molecule is CC1CCN(c2ncccc2C(=O)NC2=CCCC=C2)CC1. The Kier molecular flexibility index (Phi) is 4.56. The Bertz CT molecular complexity index is 598. The van der Waals surface area contributed by atoms with Crippen molar-refractivity contribution in [1.82, 2.24) is 10.3 Å². The Labute approximate surface area is 131 Å². The number of piperidine rings is 1. The predicted molar refractivity (Wildman–Crippen MR) is 88.8 cm³/mol. The maximum absolute atomic E-state index is 12.6. The van der Waals surface area contributed by atoms with Gasteiger partial charge in [0.25, 0.3) is 5.91 Å².